The van der Waals surface area contributed by atoms with Crippen LogP contribution in [0, 0.1) is 0 Å². The maximum Gasteiger partial charge on any atom is 0.303 e. The number of benzene rings is 1. The molecule has 1 saturated heterocycles. The summed E-state index contributed by atoms with van der Waals surface area (Å²) in [7, 11) is 0. The van der Waals surface area contributed by atoms with E-state index in [9.17, 15) is 9.59 Å². The Hall–Kier alpha value is -0.750. The predicted molar refractivity (Wildman–Crippen MR) is 68.0 cm³/mol. The van der Waals surface area contributed by atoms with E-state index in [0.717, 1.165) is 22.3 Å². The van der Waals surface area contributed by atoms with Crippen molar-refractivity contribution in [3.8, 4) is 0 Å². The Labute approximate surface area is 112 Å². The third-order valence-electron chi connectivity index (χ3n) is 2.19. The fourth-order valence-corrected chi connectivity index (χ4v) is 2.48. The summed E-state index contributed by atoms with van der Waals surface area (Å²) in [4.78, 5) is 22.6. The number of rotatable bonds is 3. The van der Waals surface area contributed by atoms with Crippen molar-refractivity contribution in [3.05, 3.63) is 33.8 Å². The van der Waals surface area contributed by atoms with E-state index in [1.54, 1.807) is 18.2 Å². The molecule has 1 aromatic rings. The zero-order chi connectivity index (χ0) is 12.4. The molecule has 17 heavy (non-hydrogen) atoms. The summed E-state index contributed by atoms with van der Waals surface area (Å²) in [6.45, 7) is 0.300. The number of hydrogen-bond donors (Lipinski definition) is 1. The molecule has 0 radical (unpaired) electrons. The van der Waals surface area contributed by atoms with E-state index in [-0.39, 0.29) is 16.9 Å². The van der Waals surface area contributed by atoms with Gasteiger partial charge in [-0.2, -0.15) is 0 Å². The van der Waals surface area contributed by atoms with Crippen molar-refractivity contribution in [1.82, 2.24) is 10.4 Å². The molecular formula is C10H8Cl2N2O2S. The standard InChI is InChI=1S/C10H8Cl2N2O2S/c11-7-2-1-6(8(12)3-7)4-13-14-9(15)5-17-10(14)16/h1-3,13H,4-5H2. The maximum atomic E-state index is 11.3. The molecule has 0 aliphatic carbocycles. The fourth-order valence-electron chi connectivity index (χ4n) is 1.34. The average molecular weight is 291 g/mol. The molecule has 0 unspecified atom stereocenters. The van der Waals surface area contributed by atoms with Crippen molar-refractivity contribution in [2.24, 2.45) is 0 Å². The van der Waals surface area contributed by atoms with Gasteiger partial charge >= 0.3 is 5.24 Å². The normalized spacial score (nSPS) is 15.8. The van der Waals surface area contributed by atoms with Crippen molar-refractivity contribution in [2.75, 3.05) is 5.75 Å². The van der Waals surface area contributed by atoms with Crippen LogP contribution in [0.1, 0.15) is 5.56 Å². The van der Waals surface area contributed by atoms with Crippen molar-refractivity contribution in [3.63, 3.8) is 0 Å². The molecular weight excluding hydrogens is 283 g/mol. The Balaban J connectivity index is 2.02. The lowest BCUT2D eigenvalue weighted by Gasteiger charge is -2.14. The van der Waals surface area contributed by atoms with E-state index < -0.39 is 0 Å². The number of amides is 2. The molecule has 90 valence electrons. The van der Waals surface area contributed by atoms with Gasteiger partial charge in [0.15, 0.2) is 0 Å². The zero-order valence-electron chi connectivity index (χ0n) is 8.57. The number of hydrogen-bond acceptors (Lipinski definition) is 4. The molecule has 2 amide bonds. The number of carbonyl (C=O) groups is 2. The van der Waals surface area contributed by atoms with Gasteiger partial charge in [-0.15, -0.1) is 0 Å². The van der Waals surface area contributed by atoms with Crippen molar-refractivity contribution in [2.45, 2.75) is 6.54 Å². The van der Waals surface area contributed by atoms with E-state index in [1.807, 2.05) is 0 Å². The van der Waals surface area contributed by atoms with Crippen LogP contribution in [0.15, 0.2) is 18.2 Å². The van der Waals surface area contributed by atoms with Gasteiger partial charge in [0, 0.05) is 16.6 Å². The molecule has 1 aromatic carbocycles. The van der Waals surface area contributed by atoms with Crippen LogP contribution in [0.4, 0.5) is 4.79 Å². The number of imide groups is 1. The average Bonchev–Trinajstić information content (AvgIpc) is 2.58. The Morgan fingerprint density at radius 3 is 2.71 bits per heavy atom. The smallest absolute Gasteiger partial charge is 0.272 e. The van der Waals surface area contributed by atoms with E-state index in [4.69, 9.17) is 23.2 Å². The number of carbonyl (C=O) groups excluding carboxylic acids is 2. The quantitative estimate of drug-likeness (QED) is 0.930. The molecule has 1 heterocycles. The van der Waals surface area contributed by atoms with Crippen LogP contribution in [-0.2, 0) is 11.3 Å². The highest BCUT2D eigenvalue weighted by molar-refractivity contribution is 8.14. The molecule has 1 fully saturated rings. The summed E-state index contributed by atoms with van der Waals surface area (Å²) in [5.74, 6) is -0.0646. The van der Waals surface area contributed by atoms with E-state index in [2.05, 4.69) is 5.43 Å². The van der Waals surface area contributed by atoms with Gasteiger partial charge in [0.2, 0.25) is 0 Å². The molecule has 0 atom stereocenters. The van der Waals surface area contributed by atoms with Crippen LogP contribution in [0.25, 0.3) is 0 Å². The number of nitrogens with zero attached hydrogens (tertiary/aromatic N) is 1. The van der Waals surface area contributed by atoms with Crippen LogP contribution >= 0.6 is 35.0 Å². The van der Waals surface area contributed by atoms with Gasteiger partial charge in [0.25, 0.3) is 5.91 Å². The molecule has 4 nitrogen and oxygen atoms in total. The van der Waals surface area contributed by atoms with E-state index >= 15 is 0 Å². The highest BCUT2D eigenvalue weighted by atomic mass is 35.5. The highest BCUT2D eigenvalue weighted by Gasteiger charge is 2.29. The maximum absolute atomic E-state index is 11.3. The van der Waals surface area contributed by atoms with Crippen molar-refractivity contribution >= 4 is 46.1 Å². The Kier molecular flexibility index (Phi) is 3.93. The first-order valence-electron chi connectivity index (χ1n) is 4.75. The predicted octanol–water partition coefficient (Wildman–Crippen LogP) is 2.69. The van der Waals surface area contributed by atoms with Gasteiger partial charge in [-0.1, -0.05) is 41.0 Å². The summed E-state index contributed by atoms with van der Waals surface area (Å²) in [5, 5.41) is 1.76. The third kappa shape index (κ3) is 2.93. The second-order valence-electron chi connectivity index (χ2n) is 3.35. The van der Waals surface area contributed by atoms with Crippen LogP contribution in [-0.4, -0.2) is 21.9 Å². The third-order valence-corrected chi connectivity index (χ3v) is 3.60. The monoisotopic (exact) mass is 290 g/mol. The van der Waals surface area contributed by atoms with E-state index in [0.29, 0.717) is 16.6 Å². The molecule has 1 N–H and O–H groups in total. The highest BCUT2D eigenvalue weighted by Crippen LogP contribution is 2.22. The molecule has 0 spiro atoms. The lowest BCUT2D eigenvalue weighted by atomic mass is 10.2. The van der Waals surface area contributed by atoms with Crippen LogP contribution in [0.3, 0.4) is 0 Å². The molecule has 1 aliphatic rings. The van der Waals surface area contributed by atoms with Crippen molar-refractivity contribution < 1.29 is 9.59 Å². The zero-order valence-corrected chi connectivity index (χ0v) is 10.9. The minimum absolute atomic E-state index is 0.181. The number of thioether (sulfide) groups is 1. The SMILES string of the molecule is O=C1CSC(=O)N1NCc1ccc(Cl)cc1Cl. The number of hydrazine groups is 1. The molecule has 7 heteroatoms. The summed E-state index contributed by atoms with van der Waals surface area (Å²) >= 11 is 12.7. The van der Waals surface area contributed by atoms with E-state index in [1.165, 1.54) is 0 Å². The first-order chi connectivity index (χ1) is 8.08. The largest absolute Gasteiger partial charge is 0.303 e. The first kappa shape index (κ1) is 12.7. The van der Waals surface area contributed by atoms with Gasteiger partial charge in [-0.3, -0.25) is 9.59 Å². The topological polar surface area (TPSA) is 49.4 Å². The van der Waals surface area contributed by atoms with Gasteiger partial charge in [-0.25, -0.2) is 10.4 Å². The molecule has 0 aromatic heterocycles. The lowest BCUT2D eigenvalue weighted by molar-refractivity contribution is -0.126. The molecule has 0 bridgehead atoms. The minimum atomic E-state index is -0.292. The van der Waals surface area contributed by atoms with Gasteiger partial charge in [0.1, 0.15) is 0 Å². The van der Waals surface area contributed by atoms with Crippen LogP contribution in [0.5, 0.6) is 0 Å². The Bertz CT molecular complexity index is 465. The molecule has 0 saturated carbocycles. The first-order valence-corrected chi connectivity index (χ1v) is 6.49. The molecule has 2 rings (SSSR count). The lowest BCUT2D eigenvalue weighted by Crippen LogP contribution is -2.41. The number of halogens is 2. The van der Waals surface area contributed by atoms with Crippen molar-refractivity contribution in [1.29, 1.82) is 0 Å². The summed E-state index contributed by atoms with van der Waals surface area (Å²) < 4.78 is 0. The number of nitrogens with one attached hydrogen (secondary N) is 1. The van der Waals surface area contributed by atoms with Gasteiger partial charge < -0.3 is 0 Å². The Morgan fingerprint density at radius 1 is 1.35 bits per heavy atom. The Morgan fingerprint density at radius 2 is 2.12 bits per heavy atom. The van der Waals surface area contributed by atoms with Gasteiger partial charge in [-0.05, 0) is 17.7 Å². The summed E-state index contributed by atoms with van der Waals surface area (Å²) in [6.07, 6.45) is 0. The van der Waals surface area contributed by atoms with Crippen LogP contribution in [0.2, 0.25) is 10.0 Å². The summed E-state index contributed by atoms with van der Waals surface area (Å²) in [5.41, 5.74) is 3.52. The minimum Gasteiger partial charge on any atom is -0.272 e. The fraction of sp³-hybridized carbons (Fsp3) is 0.200. The van der Waals surface area contributed by atoms with Crippen LogP contribution < -0.4 is 5.43 Å². The second-order valence-corrected chi connectivity index (χ2v) is 5.12. The van der Waals surface area contributed by atoms with Gasteiger partial charge in [0.05, 0.1) is 5.75 Å². The molecule has 1 aliphatic heterocycles. The summed E-state index contributed by atoms with van der Waals surface area (Å²) in [6, 6.07) is 5.06. The second kappa shape index (κ2) is 5.27.